The lowest BCUT2D eigenvalue weighted by Crippen LogP contribution is -2.30. The molecule has 4 rings (SSSR count). The molecule has 4 aromatic rings. The molecule has 0 aliphatic rings. The summed E-state index contributed by atoms with van der Waals surface area (Å²) in [6.45, 7) is 3.50. The minimum absolute atomic E-state index is 0.318. The number of carbonyl (C=O) groups excluding carboxylic acids is 1. The first-order valence-corrected chi connectivity index (χ1v) is 13.1. The van der Waals surface area contributed by atoms with Crippen LogP contribution in [0.15, 0.2) is 84.0 Å². The van der Waals surface area contributed by atoms with Crippen molar-refractivity contribution >= 4 is 46.7 Å². The number of amides is 2. The van der Waals surface area contributed by atoms with Crippen LogP contribution in [0.25, 0.3) is 22.5 Å². The highest BCUT2D eigenvalue weighted by molar-refractivity contribution is 7.99. The number of hydrogen-bond donors (Lipinski definition) is 2. The Morgan fingerprint density at radius 3 is 2.31 bits per heavy atom. The highest BCUT2D eigenvalue weighted by atomic mass is 35.5. The molecule has 0 bridgehead atoms. The Hall–Kier alpha value is -2.93. The zero-order valence-corrected chi connectivity index (χ0v) is 21.6. The van der Waals surface area contributed by atoms with Gasteiger partial charge in [0.25, 0.3) is 0 Å². The number of rotatable bonds is 9. The maximum Gasteiger partial charge on any atom is 0.319 e. The first-order valence-electron chi connectivity index (χ1n) is 11.4. The summed E-state index contributed by atoms with van der Waals surface area (Å²) in [6.07, 6.45) is 0.987. The number of aromatic nitrogens is 2. The van der Waals surface area contributed by atoms with Crippen LogP contribution >= 0.6 is 35.0 Å². The van der Waals surface area contributed by atoms with Crippen LogP contribution in [-0.4, -0.2) is 27.9 Å². The fourth-order valence-electron chi connectivity index (χ4n) is 3.72. The monoisotopic (exact) mass is 524 g/mol. The number of imidazole rings is 1. The normalized spacial score (nSPS) is 10.8. The first-order chi connectivity index (χ1) is 17.1. The highest BCUT2D eigenvalue weighted by Crippen LogP contribution is 2.36. The van der Waals surface area contributed by atoms with E-state index in [1.807, 2.05) is 24.3 Å². The van der Waals surface area contributed by atoms with Gasteiger partial charge in [0.2, 0.25) is 0 Å². The number of hydrogen-bond acceptors (Lipinski definition) is 3. The van der Waals surface area contributed by atoms with E-state index in [0.29, 0.717) is 28.0 Å². The third-order valence-electron chi connectivity index (χ3n) is 5.27. The zero-order chi connectivity index (χ0) is 24.6. The average molecular weight is 526 g/mol. The van der Waals surface area contributed by atoms with Gasteiger partial charge in [-0.2, -0.15) is 0 Å². The van der Waals surface area contributed by atoms with Gasteiger partial charge in [-0.05, 0) is 24.6 Å². The molecule has 180 valence electrons. The highest BCUT2D eigenvalue weighted by Gasteiger charge is 2.20. The molecule has 2 amide bonds. The largest absolute Gasteiger partial charge is 0.337 e. The van der Waals surface area contributed by atoms with Gasteiger partial charge in [0.15, 0.2) is 5.16 Å². The maximum atomic E-state index is 12.3. The molecule has 0 unspecified atom stereocenters. The smallest absolute Gasteiger partial charge is 0.319 e. The molecule has 0 atom stereocenters. The van der Waals surface area contributed by atoms with Crippen molar-refractivity contribution in [2.24, 2.45) is 0 Å². The number of thioether (sulfide) groups is 1. The van der Waals surface area contributed by atoms with Crippen LogP contribution in [0.3, 0.4) is 0 Å². The van der Waals surface area contributed by atoms with Crippen molar-refractivity contribution in [3.05, 3.63) is 88.9 Å². The van der Waals surface area contributed by atoms with E-state index in [9.17, 15) is 4.79 Å². The van der Waals surface area contributed by atoms with Crippen molar-refractivity contribution in [1.82, 2.24) is 14.9 Å². The molecule has 2 N–H and O–H groups in total. The van der Waals surface area contributed by atoms with E-state index in [2.05, 4.69) is 58.5 Å². The van der Waals surface area contributed by atoms with Gasteiger partial charge in [-0.15, -0.1) is 0 Å². The van der Waals surface area contributed by atoms with Gasteiger partial charge in [0.1, 0.15) is 0 Å². The molecule has 35 heavy (non-hydrogen) atoms. The SMILES string of the molecule is CCCn1c(SCCNC(=O)Nc2ccc(Cl)cc2Cl)nc(-c2ccccc2)c1-c1ccccc1. The third kappa shape index (κ3) is 6.40. The molecule has 0 fully saturated rings. The minimum Gasteiger partial charge on any atom is -0.337 e. The van der Waals surface area contributed by atoms with Crippen molar-refractivity contribution in [3.8, 4) is 22.5 Å². The van der Waals surface area contributed by atoms with Gasteiger partial charge >= 0.3 is 6.03 Å². The van der Waals surface area contributed by atoms with Gasteiger partial charge < -0.3 is 15.2 Å². The molecular weight excluding hydrogens is 499 g/mol. The third-order valence-corrected chi connectivity index (χ3v) is 6.80. The molecule has 8 heteroatoms. The molecule has 0 saturated heterocycles. The number of nitrogens with zero attached hydrogens (tertiary/aromatic N) is 2. The van der Waals surface area contributed by atoms with Gasteiger partial charge in [-0.25, -0.2) is 9.78 Å². The van der Waals surface area contributed by atoms with E-state index >= 15 is 0 Å². The Bertz CT molecular complexity index is 1280. The molecule has 5 nitrogen and oxygen atoms in total. The summed E-state index contributed by atoms with van der Waals surface area (Å²) in [5.74, 6) is 0.672. The van der Waals surface area contributed by atoms with Gasteiger partial charge in [0, 0.05) is 35.0 Å². The predicted octanol–water partition coefficient (Wildman–Crippen LogP) is 7.85. The summed E-state index contributed by atoms with van der Waals surface area (Å²) < 4.78 is 2.29. The Labute approximate surface area is 219 Å². The Balaban J connectivity index is 1.49. The van der Waals surface area contributed by atoms with Crippen molar-refractivity contribution in [2.45, 2.75) is 25.0 Å². The van der Waals surface area contributed by atoms with E-state index in [-0.39, 0.29) is 6.03 Å². The van der Waals surface area contributed by atoms with Crippen LogP contribution in [0.1, 0.15) is 13.3 Å². The van der Waals surface area contributed by atoms with Crippen molar-refractivity contribution in [1.29, 1.82) is 0 Å². The molecule has 1 aromatic heterocycles. The lowest BCUT2D eigenvalue weighted by molar-refractivity contribution is 0.252. The lowest BCUT2D eigenvalue weighted by atomic mass is 10.0. The van der Waals surface area contributed by atoms with E-state index in [0.717, 1.165) is 40.6 Å². The molecule has 0 aliphatic carbocycles. The summed E-state index contributed by atoms with van der Waals surface area (Å²) >= 11 is 13.7. The standard InChI is InChI=1S/C27H26Cl2N4OS/c1-2-16-33-25(20-11-7-4-8-12-20)24(19-9-5-3-6-10-19)32-27(33)35-17-15-30-26(34)31-23-14-13-21(28)18-22(23)29/h3-14,18H,2,15-17H2,1H3,(H2,30,31,34). The Morgan fingerprint density at radius 2 is 1.66 bits per heavy atom. The fourth-order valence-corrected chi connectivity index (χ4v) is 5.06. The molecule has 3 aromatic carbocycles. The summed E-state index contributed by atoms with van der Waals surface area (Å²) in [5, 5.41) is 7.48. The molecule has 1 heterocycles. The van der Waals surface area contributed by atoms with Crippen molar-refractivity contribution in [2.75, 3.05) is 17.6 Å². The molecule has 0 aliphatic heterocycles. The van der Waals surface area contributed by atoms with Crippen LogP contribution in [0.4, 0.5) is 10.5 Å². The van der Waals surface area contributed by atoms with Crippen LogP contribution < -0.4 is 10.6 Å². The van der Waals surface area contributed by atoms with E-state index in [4.69, 9.17) is 28.2 Å². The maximum absolute atomic E-state index is 12.3. The molecular formula is C27H26Cl2N4OS. The van der Waals surface area contributed by atoms with Crippen LogP contribution in [-0.2, 0) is 6.54 Å². The van der Waals surface area contributed by atoms with Gasteiger partial charge in [-0.3, -0.25) is 0 Å². The summed E-state index contributed by atoms with van der Waals surface area (Å²) in [5.41, 5.74) is 4.82. The van der Waals surface area contributed by atoms with Crippen molar-refractivity contribution in [3.63, 3.8) is 0 Å². The summed E-state index contributed by atoms with van der Waals surface area (Å²) in [4.78, 5) is 17.4. The number of urea groups is 1. The predicted molar refractivity (Wildman–Crippen MR) is 148 cm³/mol. The number of nitrogens with one attached hydrogen (secondary N) is 2. The summed E-state index contributed by atoms with van der Waals surface area (Å²) in [6, 6.07) is 25.3. The first kappa shape index (κ1) is 25.2. The zero-order valence-electron chi connectivity index (χ0n) is 19.3. The number of halogens is 2. The van der Waals surface area contributed by atoms with Gasteiger partial charge in [0.05, 0.1) is 22.1 Å². The Kier molecular flexibility index (Phi) is 8.74. The average Bonchev–Trinajstić information content (AvgIpc) is 3.23. The molecule has 0 spiro atoms. The quantitative estimate of drug-likeness (QED) is 0.173. The van der Waals surface area contributed by atoms with Gasteiger partial charge in [-0.1, -0.05) is 103 Å². The van der Waals surface area contributed by atoms with Crippen molar-refractivity contribution < 1.29 is 4.79 Å². The topological polar surface area (TPSA) is 59.0 Å². The number of anilines is 1. The number of benzene rings is 3. The van der Waals surface area contributed by atoms with E-state index in [1.165, 1.54) is 0 Å². The lowest BCUT2D eigenvalue weighted by Gasteiger charge is -2.12. The second-order valence-corrected chi connectivity index (χ2v) is 9.73. The minimum atomic E-state index is -0.318. The van der Waals surface area contributed by atoms with E-state index < -0.39 is 0 Å². The fraction of sp³-hybridized carbons (Fsp3) is 0.185. The second-order valence-electron chi connectivity index (χ2n) is 7.83. The molecule has 0 saturated carbocycles. The molecule has 0 radical (unpaired) electrons. The number of carbonyl (C=O) groups is 1. The second kappa shape index (κ2) is 12.2. The van der Waals surface area contributed by atoms with Crippen LogP contribution in [0, 0.1) is 0 Å². The van der Waals surface area contributed by atoms with E-state index in [1.54, 1.807) is 30.0 Å². The van der Waals surface area contributed by atoms with Crippen LogP contribution in [0.5, 0.6) is 0 Å². The Morgan fingerprint density at radius 1 is 0.971 bits per heavy atom. The summed E-state index contributed by atoms with van der Waals surface area (Å²) in [7, 11) is 0. The van der Waals surface area contributed by atoms with Crippen LogP contribution in [0.2, 0.25) is 10.0 Å².